The second kappa shape index (κ2) is 8.98. The molecule has 6 heteroatoms. The molecule has 1 heterocycles. The van der Waals surface area contributed by atoms with Gasteiger partial charge in [0.25, 0.3) is 0 Å². The van der Waals surface area contributed by atoms with Crippen LogP contribution in [0.2, 0.25) is 0 Å². The Kier molecular flexibility index (Phi) is 6.20. The first kappa shape index (κ1) is 18.6. The summed E-state index contributed by atoms with van der Waals surface area (Å²) in [6.07, 6.45) is 0. The molecule has 6 nitrogen and oxygen atoms in total. The van der Waals surface area contributed by atoms with Gasteiger partial charge in [-0.3, -0.25) is 0 Å². The Balaban J connectivity index is 1.69. The average Bonchev–Trinajstić information content (AvgIpc) is 3.01. The number of benzene rings is 2. The molecule has 0 aliphatic heterocycles. The predicted octanol–water partition coefficient (Wildman–Crippen LogP) is 2.87. The van der Waals surface area contributed by atoms with E-state index in [2.05, 4.69) is 64.2 Å². The minimum Gasteiger partial charge on any atom is -0.352 e. The molecule has 0 saturated heterocycles. The van der Waals surface area contributed by atoms with Crippen molar-refractivity contribution in [2.24, 2.45) is 12.0 Å². The fourth-order valence-corrected chi connectivity index (χ4v) is 2.68. The molecule has 27 heavy (non-hydrogen) atoms. The standard InChI is InChI=1S/C21H26N6/c1-16-9-7-8-12-19(16)14-23-21(22-13-18-10-5-4-6-11-18)24-15-20-26-25-17(2)27(20)3/h4-12H,13-15H2,1-3H3,(H2,22,23,24). The Bertz CT molecular complexity index is 898. The van der Waals surface area contributed by atoms with Crippen molar-refractivity contribution >= 4 is 5.96 Å². The van der Waals surface area contributed by atoms with E-state index in [0.717, 1.165) is 17.6 Å². The van der Waals surface area contributed by atoms with E-state index in [1.165, 1.54) is 16.7 Å². The number of rotatable bonds is 6. The van der Waals surface area contributed by atoms with E-state index in [9.17, 15) is 0 Å². The third-order valence-electron chi connectivity index (χ3n) is 4.57. The topological polar surface area (TPSA) is 67.1 Å². The van der Waals surface area contributed by atoms with Gasteiger partial charge >= 0.3 is 0 Å². The van der Waals surface area contributed by atoms with Gasteiger partial charge in [-0.25, -0.2) is 4.99 Å². The number of hydrogen-bond donors (Lipinski definition) is 2. The van der Waals surface area contributed by atoms with Crippen LogP contribution in [0.5, 0.6) is 0 Å². The molecular weight excluding hydrogens is 336 g/mol. The molecule has 0 amide bonds. The van der Waals surface area contributed by atoms with Crippen LogP contribution in [0.1, 0.15) is 28.3 Å². The molecule has 2 N–H and O–H groups in total. The minimum atomic E-state index is 0.561. The highest BCUT2D eigenvalue weighted by atomic mass is 15.3. The summed E-state index contributed by atoms with van der Waals surface area (Å²) in [5.74, 6) is 2.52. The highest BCUT2D eigenvalue weighted by molar-refractivity contribution is 5.79. The van der Waals surface area contributed by atoms with Gasteiger partial charge in [0.1, 0.15) is 5.82 Å². The molecule has 1 aromatic heterocycles. The lowest BCUT2D eigenvalue weighted by atomic mass is 10.1. The number of aliphatic imine (C=N–C) groups is 1. The van der Waals surface area contributed by atoms with Crippen molar-refractivity contribution in [2.75, 3.05) is 0 Å². The number of nitrogens with zero attached hydrogens (tertiary/aromatic N) is 4. The lowest BCUT2D eigenvalue weighted by Crippen LogP contribution is -2.37. The predicted molar refractivity (Wildman–Crippen MR) is 108 cm³/mol. The SMILES string of the molecule is Cc1ccccc1CNC(=NCc1ccccc1)NCc1nnc(C)n1C. The third kappa shape index (κ3) is 5.17. The van der Waals surface area contributed by atoms with Crippen LogP contribution in [-0.2, 0) is 26.7 Å². The Morgan fingerprint density at radius 3 is 2.33 bits per heavy atom. The monoisotopic (exact) mass is 362 g/mol. The minimum absolute atomic E-state index is 0.561. The number of nitrogens with one attached hydrogen (secondary N) is 2. The first-order chi connectivity index (χ1) is 13.1. The molecule has 0 radical (unpaired) electrons. The van der Waals surface area contributed by atoms with Gasteiger partial charge < -0.3 is 15.2 Å². The fraction of sp³-hybridized carbons (Fsp3) is 0.286. The molecule has 0 unspecified atom stereocenters. The van der Waals surface area contributed by atoms with Crippen LogP contribution in [0.15, 0.2) is 59.6 Å². The first-order valence-electron chi connectivity index (χ1n) is 9.09. The van der Waals surface area contributed by atoms with Gasteiger partial charge in [0.15, 0.2) is 11.8 Å². The van der Waals surface area contributed by atoms with Gasteiger partial charge in [-0.05, 0) is 30.5 Å². The van der Waals surface area contributed by atoms with Crippen molar-refractivity contribution in [1.29, 1.82) is 0 Å². The molecule has 2 aromatic carbocycles. The largest absolute Gasteiger partial charge is 0.352 e. The Morgan fingerprint density at radius 2 is 1.63 bits per heavy atom. The van der Waals surface area contributed by atoms with Gasteiger partial charge in [-0.15, -0.1) is 10.2 Å². The summed E-state index contributed by atoms with van der Waals surface area (Å²) >= 11 is 0. The summed E-state index contributed by atoms with van der Waals surface area (Å²) in [5, 5.41) is 15.1. The number of aromatic nitrogens is 3. The van der Waals surface area contributed by atoms with E-state index >= 15 is 0 Å². The van der Waals surface area contributed by atoms with Crippen LogP contribution in [-0.4, -0.2) is 20.7 Å². The summed E-state index contributed by atoms with van der Waals surface area (Å²) in [5.41, 5.74) is 3.68. The summed E-state index contributed by atoms with van der Waals surface area (Å²) in [7, 11) is 1.97. The van der Waals surface area contributed by atoms with Crippen molar-refractivity contribution in [3.63, 3.8) is 0 Å². The van der Waals surface area contributed by atoms with Crippen molar-refractivity contribution in [3.05, 3.63) is 82.9 Å². The Morgan fingerprint density at radius 1 is 0.926 bits per heavy atom. The Labute approximate surface area is 160 Å². The number of aryl methyl sites for hydroxylation is 2. The number of hydrogen-bond acceptors (Lipinski definition) is 3. The van der Waals surface area contributed by atoms with Gasteiger partial charge in [-0.2, -0.15) is 0 Å². The third-order valence-corrected chi connectivity index (χ3v) is 4.57. The maximum absolute atomic E-state index is 4.73. The molecule has 0 spiro atoms. The fourth-order valence-electron chi connectivity index (χ4n) is 2.68. The van der Waals surface area contributed by atoms with Crippen molar-refractivity contribution in [1.82, 2.24) is 25.4 Å². The molecule has 3 rings (SSSR count). The molecular formula is C21H26N6. The van der Waals surface area contributed by atoms with Crippen LogP contribution in [0.4, 0.5) is 0 Å². The van der Waals surface area contributed by atoms with E-state index in [-0.39, 0.29) is 0 Å². The van der Waals surface area contributed by atoms with E-state index in [0.29, 0.717) is 19.6 Å². The maximum Gasteiger partial charge on any atom is 0.192 e. The lowest BCUT2D eigenvalue weighted by molar-refractivity contribution is 0.714. The van der Waals surface area contributed by atoms with Gasteiger partial charge in [0, 0.05) is 13.6 Å². The van der Waals surface area contributed by atoms with Crippen LogP contribution >= 0.6 is 0 Å². The molecule has 3 aromatic rings. The number of guanidine groups is 1. The molecule has 0 saturated carbocycles. The van der Waals surface area contributed by atoms with Crippen LogP contribution in [0, 0.1) is 13.8 Å². The second-order valence-corrected chi connectivity index (χ2v) is 6.51. The Hall–Kier alpha value is -3.15. The summed E-state index contributed by atoms with van der Waals surface area (Å²) in [6.45, 7) is 5.95. The molecule has 0 aliphatic carbocycles. The zero-order valence-electron chi connectivity index (χ0n) is 16.1. The second-order valence-electron chi connectivity index (χ2n) is 6.51. The summed E-state index contributed by atoms with van der Waals surface area (Å²) in [4.78, 5) is 4.73. The quantitative estimate of drug-likeness (QED) is 0.523. The molecule has 0 fully saturated rings. The van der Waals surface area contributed by atoms with Crippen molar-refractivity contribution < 1.29 is 0 Å². The molecule has 0 aliphatic rings. The molecule has 0 atom stereocenters. The smallest absolute Gasteiger partial charge is 0.192 e. The maximum atomic E-state index is 4.73. The van der Waals surface area contributed by atoms with Gasteiger partial charge in [0.2, 0.25) is 0 Å². The summed E-state index contributed by atoms with van der Waals surface area (Å²) < 4.78 is 1.98. The van der Waals surface area contributed by atoms with Gasteiger partial charge in [-0.1, -0.05) is 54.6 Å². The normalized spacial score (nSPS) is 11.4. The molecule has 140 valence electrons. The first-order valence-corrected chi connectivity index (χ1v) is 9.09. The zero-order chi connectivity index (χ0) is 19.1. The van der Waals surface area contributed by atoms with E-state index in [1.807, 2.05) is 36.7 Å². The molecule has 0 bridgehead atoms. The summed E-state index contributed by atoms with van der Waals surface area (Å²) in [6, 6.07) is 18.6. The zero-order valence-corrected chi connectivity index (χ0v) is 16.1. The van der Waals surface area contributed by atoms with E-state index in [1.54, 1.807) is 0 Å². The van der Waals surface area contributed by atoms with E-state index in [4.69, 9.17) is 4.99 Å². The average molecular weight is 362 g/mol. The highest BCUT2D eigenvalue weighted by Crippen LogP contribution is 2.06. The van der Waals surface area contributed by atoms with Crippen LogP contribution < -0.4 is 10.6 Å². The highest BCUT2D eigenvalue weighted by Gasteiger charge is 2.07. The van der Waals surface area contributed by atoms with Crippen molar-refractivity contribution in [3.8, 4) is 0 Å². The van der Waals surface area contributed by atoms with Crippen LogP contribution in [0.3, 0.4) is 0 Å². The van der Waals surface area contributed by atoms with Crippen molar-refractivity contribution in [2.45, 2.75) is 33.5 Å². The lowest BCUT2D eigenvalue weighted by Gasteiger charge is -2.14. The van der Waals surface area contributed by atoms with E-state index < -0.39 is 0 Å². The van der Waals surface area contributed by atoms with Crippen LogP contribution in [0.25, 0.3) is 0 Å². The van der Waals surface area contributed by atoms with Gasteiger partial charge in [0.05, 0.1) is 13.1 Å².